The van der Waals surface area contributed by atoms with Gasteiger partial charge in [0.05, 0.1) is 16.6 Å². The van der Waals surface area contributed by atoms with Gasteiger partial charge in [-0.05, 0) is 23.5 Å². The molecule has 1 aromatic carbocycles. The first-order valence-electron chi connectivity index (χ1n) is 6.16. The second kappa shape index (κ2) is 6.10. The number of carbonyl (C=O) groups is 1. The van der Waals surface area contributed by atoms with Gasteiger partial charge in [-0.2, -0.15) is 0 Å². The number of benzene rings is 1. The zero-order valence-electron chi connectivity index (χ0n) is 11.0. The molecule has 100 valence electrons. The van der Waals surface area contributed by atoms with Crippen molar-refractivity contribution in [2.24, 2.45) is 11.8 Å². The van der Waals surface area contributed by atoms with Gasteiger partial charge in [-0.15, -0.1) is 0 Å². The number of para-hydroxylation sites is 1. The second-order valence-electron chi connectivity index (χ2n) is 4.87. The first kappa shape index (κ1) is 14.8. The van der Waals surface area contributed by atoms with Crippen molar-refractivity contribution < 1.29 is 9.90 Å². The molecule has 2 unspecified atom stereocenters. The van der Waals surface area contributed by atoms with Crippen LogP contribution in [0.15, 0.2) is 18.2 Å². The number of halogens is 1. The summed E-state index contributed by atoms with van der Waals surface area (Å²) in [6.07, 6.45) is 0.792. The van der Waals surface area contributed by atoms with Gasteiger partial charge in [0, 0.05) is 0 Å². The van der Waals surface area contributed by atoms with Crippen LogP contribution in [0.1, 0.15) is 38.7 Å². The number of aliphatic carboxylic acids is 1. The topological polar surface area (TPSA) is 63.3 Å². The Hall–Kier alpha value is -1.22. The van der Waals surface area contributed by atoms with Gasteiger partial charge in [0.25, 0.3) is 0 Å². The summed E-state index contributed by atoms with van der Waals surface area (Å²) in [6.45, 7) is 6.07. The zero-order valence-corrected chi connectivity index (χ0v) is 11.7. The van der Waals surface area contributed by atoms with E-state index in [2.05, 4.69) is 0 Å². The first-order chi connectivity index (χ1) is 8.40. The van der Waals surface area contributed by atoms with Crippen LogP contribution in [0.4, 0.5) is 5.69 Å². The molecule has 0 radical (unpaired) electrons. The van der Waals surface area contributed by atoms with Crippen molar-refractivity contribution in [2.45, 2.75) is 33.1 Å². The van der Waals surface area contributed by atoms with Gasteiger partial charge in [-0.3, -0.25) is 4.79 Å². The zero-order chi connectivity index (χ0) is 13.9. The largest absolute Gasteiger partial charge is 0.481 e. The summed E-state index contributed by atoms with van der Waals surface area (Å²) in [4.78, 5) is 11.6. The van der Waals surface area contributed by atoms with Gasteiger partial charge >= 0.3 is 5.97 Å². The maximum Gasteiger partial charge on any atom is 0.311 e. The number of hydrogen-bond donors (Lipinski definition) is 2. The van der Waals surface area contributed by atoms with E-state index in [0.717, 1.165) is 6.42 Å². The fourth-order valence-corrected chi connectivity index (χ4v) is 2.65. The van der Waals surface area contributed by atoms with Crippen LogP contribution in [0.3, 0.4) is 0 Å². The molecule has 0 heterocycles. The normalized spacial score (nSPS) is 14.5. The minimum Gasteiger partial charge on any atom is -0.481 e. The van der Waals surface area contributed by atoms with Crippen molar-refractivity contribution in [2.75, 3.05) is 5.73 Å². The molecule has 0 aliphatic heterocycles. The molecule has 2 atom stereocenters. The monoisotopic (exact) mass is 269 g/mol. The lowest BCUT2D eigenvalue weighted by molar-refractivity contribution is -0.140. The minimum absolute atomic E-state index is 0.0447. The molecule has 3 nitrogen and oxygen atoms in total. The quantitative estimate of drug-likeness (QED) is 0.800. The molecule has 0 saturated heterocycles. The fraction of sp³-hybridized carbons (Fsp3) is 0.500. The molecule has 3 N–H and O–H groups in total. The van der Waals surface area contributed by atoms with Crippen LogP contribution < -0.4 is 5.73 Å². The molecule has 1 aromatic rings. The average molecular weight is 270 g/mol. The molecule has 18 heavy (non-hydrogen) atoms. The lowest BCUT2D eigenvalue weighted by Gasteiger charge is -2.27. The Balaban J connectivity index is 3.28. The van der Waals surface area contributed by atoms with Crippen LogP contribution in [-0.2, 0) is 4.79 Å². The van der Waals surface area contributed by atoms with E-state index in [1.54, 1.807) is 18.2 Å². The summed E-state index contributed by atoms with van der Waals surface area (Å²) in [5.74, 6) is -1.13. The number of hydrogen-bond acceptors (Lipinski definition) is 2. The fourth-order valence-electron chi connectivity index (χ4n) is 2.46. The van der Waals surface area contributed by atoms with Crippen LogP contribution in [0.5, 0.6) is 0 Å². The van der Waals surface area contributed by atoms with E-state index in [9.17, 15) is 9.90 Å². The van der Waals surface area contributed by atoms with Crippen LogP contribution in [0.25, 0.3) is 0 Å². The third kappa shape index (κ3) is 2.96. The predicted molar refractivity (Wildman–Crippen MR) is 74.9 cm³/mol. The molecule has 4 heteroatoms. The number of anilines is 1. The number of carboxylic acids is 1. The average Bonchev–Trinajstić information content (AvgIpc) is 2.29. The van der Waals surface area contributed by atoms with Crippen molar-refractivity contribution >= 4 is 23.3 Å². The number of nitrogen functional groups attached to an aromatic ring is 1. The van der Waals surface area contributed by atoms with Crippen molar-refractivity contribution in [1.82, 2.24) is 0 Å². The lowest BCUT2D eigenvalue weighted by atomic mass is 9.77. The molecule has 1 rings (SSSR count). The Morgan fingerprint density at radius 3 is 2.50 bits per heavy atom. The van der Waals surface area contributed by atoms with Gasteiger partial charge in [0.15, 0.2) is 0 Å². The van der Waals surface area contributed by atoms with E-state index in [4.69, 9.17) is 17.3 Å². The second-order valence-corrected chi connectivity index (χ2v) is 5.28. The molecule has 0 aliphatic carbocycles. The Bertz CT molecular complexity index is 432. The third-order valence-electron chi connectivity index (χ3n) is 3.44. The highest BCUT2D eigenvalue weighted by Gasteiger charge is 2.32. The molecule has 0 bridgehead atoms. The summed E-state index contributed by atoms with van der Waals surface area (Å²) in [7, 11) is 0. The van der Waals surface area contributed by atoms with Crippen LogP contribution >= 0.6 is 11.6 Å². The number of rotatable bonds is 5. The molecule has 0 aromatic heterocycles. The van der Waals surface area contributed by atoms with Crippen LogP contribution in [-0.4, -0.2) is 11.1 Å². The summed E-state index contributed by atoms with van der Waals surface area (Å²) in [5, 5.41) is 9.91. The maximum atomic E-state index is 11.6. The lowest BCUT2D eigenvalue weighted by Crippen LogP contribution is -2.26. The van der Waals surface area contributed by atoms with Crippen LogP contribution in [0, 0.1) is 11.8 Å². The van der Waals surface area contributed by atoms with Crippen molar-refractivity contribution in [3.63, 3.8) is 0 Å². The van der Waals surface area contributed by atoms with Crippen molar-refractivity contribution in [3.05, 3.63) is 28.8 Å². The van der Waals surface area contributed by atoms with Crippen LogP contribution in [0.2, 0.25) is 5.02 Å². The Labute approximate surface area is 113 Å². The molecular weight excluding hydrogens is 250 g/mol. The highest BCUT2D eigenvalue weighted by molar-refractivity contribution is 6.33. The molecule has 0 fully saturated rings. The van der Waals surface area contributed by atoms with Crippen molar-refractivity contribution in [3.8, 4) is 0 Å². The SMILES string of the molecule is CCC(C(C)C)C(C(=O)O)c1cccc(Cl)c1N. The van der Waals surface area contributed by atoms with E-state index >= 15 is 0 Å². The highest BCUT2D eigenvalue weighted by atomic mass is 35.5. The maximum absolute atomic E-state index is 11.6. The van der Waals surface area contributed by atoms with Gasteiger partial charge in [0.2, 0.25) is 0 Å². The summed E-state index contributed by atoms with van der Waals surface area (Å²) < 4.78 is 0. The molecular formula is C14H20ClNO2. The standard InChI is InChI=1S/C14H20ClNO2/c1-4-9(8(2)3)12(14(17)18)10-6-5-7-11(15)13(10)16/h5-9,12H,4,16H2,1-3H3,(H,17,18). The van der Waals surface area contributed by atoms with Gasteiger partial charge in [-0.1, -0.05) is 50.9 Å². The Morgan fingerprint density at radius 2 is 2.06 bits per heavy atom. The Kier molecular flexibility index (Phi) is 5.03. The molecule has 0 aliphatic rings. The number of carboxylic acid groups (broad SMARTS) is 1. The molecule has 0 amide bonds. The smallest absolute Gasteiger partial charge is 0.311 e. The van der Waals surface area contributed by atoms with Gasteiger partial charge in [-0.25, -0.2) is 0 Å². The third-order valence-corrected chi connectivity index (χ3v) is 3.77. The Morgan fingerprint density at radius 1 is 1.44 bits per heavy atom. The summed E-state index contributed by atoms with van der Waals surface area (Å²) in [5.41, 5.74) is 6.92. The van der Waals surface area contributed by atoms with Gasteiger partial charge < -0.3 is 10.8 Å². The summed E-state index contributed by atoms with van der Waals surface area (Å²) >= 11 is 5.97. The summed E-state index contributed by atoms with van der Waals surface area (Å²) in [6, 6.07) is 5.18. The van der Waals surface area contributed by atoms with E-state index in [0.29, 0.717) is 16.3 Å². The van der Waals surface area contributed by atoms with Crippen molar-refractivity contribution in [1.29, 1.82) is 0 Å². The number of nitrogens with two attached hydrogens (primary N) is 1. The van der Waals surface area contributed by atoms with E-state index < -0.39 is 11.9 Å². The van der Waals surface area contributed by atoms with E-state index in [-0.39, 0.29) is 11.8 Å². The molecule has 0 spiro atoms. The highest BCUT2D eigenvalue weighted by Crippen LogP contribution is 2.37. The molecule has 0 saturated carbocycles. The minimum atomic E-state index is -0.843. The van der Waals surface area contributed by atoms with E-state index in [1.165, 1.54) is 0 Å². The van der Waals surface area contributed by atoms with E-state index in [1.807, 2.05) is 20.8 Å². The first-order valence-corrected chi connectivity index (χ1v) is 6.54. The predicted octanol–water partition coefficient (Wildman–Crippen LogP) is 3.77. The van der Waals surface area contributed by atoms with Gasteiger partial charge in [0.1, 0.15) is 0 Å².